The van der Waals surface area contributed by atoms with Crippen LogP contribution in [0.4, 0.5) is 0 Å². The third-order valence-electron chi connectivity index (χ3n) is 5.36. The Morgan fingerprint density at radius 3 is 2.53 bits per heavy atom. The first-order valence-electron chi connectivity index (χ1n) is 10.3. The van der Waals surface area contributed by atoms with Crippen molar-refractivity contribution in [2.24, 2.45) is 0 Å². The maximum absolute atomic E-state index is 12.8. The van der Waals surface area contributed by atoms with Gasteiger partial charge < -0.3 is 19.2 Å². The first kappa shape index (κ1) is 20.0. The summed E-state index contributed by atoms with van der Waals surface area (Å²) in [5, 5.41) is 3.73. The number of furan rings is 1. The predicted octanol–water partition coefficient (Wildman–Crippen LogP) is 4.62. The molecule has 1 aromatic heterocycles. The highest BCUT2D eigenvalue weighted by molar-refractivity contribution is 5.97. The second-order valence-corrected chi connectivity index (χ2v) is 7.55. The van der Waals surface area contributed by atoms with E-state index in [1.165, 1.54) is 0 Å². The van der Waals surface area contributed by atoms with Crippen LogP contribution in [-0.4, -0.2) is 24.0 Å². The van der Waals surface area contributed by atoms with Gasteiger partial charge in [-0.25, -0.2) is 4.79 Å². The Morgan fingerprint density at radius 2 is 1.77 bits per heavy atom. The number of hydrogen-bond donors (Lipinski definition) is 1. The van der Waals surface area contributed by atoms with Gasteiger partial charge in [0.15, 0.2) is 6.10 Å². The van der Waals surface area contributed by atoms with Gasteiger partial charge in [-0.3, -0.25) is 4.79 Å². The lowest BCUT2D eigenvalue weighted by Crippen LogP contribution is -2.40. The highest BCUT2D eigenvalue weighted by Crippen LogP contribution is 2.28. The molecule has 1 heterocycles. The van der Waals surface area contributed by atoms with E-state index in [1.54, 1.807) is 13.0 Å². The second kappa shape index (κ2) is 9.03. The largest absolute Gasteiger partial charge is 0.489 e. The van der Waals surface area contributed by atoms with Crippen molar-refractivity contribution in [3.05, 3.63) is 65.9 Å². The maximum Gasteiger partial charge on any atom is 0.375 e. The van der Waals surface area contributed by atoms with Crippen molar-refractivity contribution in [2.75, 3.05) is 0 Å². The molecule has 6 heteroatoms. The molecule has 3 aromatic rings. The van der Waals surface area contributed by atoms with Crippen LogP contribution in [0.2, 0.25) is 0 Å². The fourth-order valence-electron chi connectivity index (χ4n) is 3.74. The monoisotopic (exact) mass is 407 g/mol. The number of amides is 1. The van der Waals surface area contributed by atoms with Gasteiger partial charge in [-0.15, -0.1) is 0 Å². The van der Waals surface area contributed by atoms with E-state index in [-0.39, 0.29) is 24.3 Å². The second-order valence-electron chi connectivity index (χ2n) is 7.55. The van der Waals surface area contributed by atoms with E-state index in [9.17, 15) is 9.59 Å². The Bertz CT molecular complexity index is 1020. The third kappa shape index (κ3) is 4.48. The Hall–Kier alpha value is -3.28. The number of ether oxygens (including phenoxy) is 2. The molecule has 1 aliphatic rings. The number of rotatable bonds is 7. The molecule has 1 atom stereocenters. The van der Waals surface area contributed by atoms with Crippen molar-refractivity contribution in [2.45, 2.75) is 51.4 Å². The molecule has 0 unspecified atom stereocenters. The van der Waals surface area contributed by atoms with Gasteiger partial charge in [-0.1, -0.05) is 49.2 Å². The number of carbonyl (C=O) groups is 2. The molecule has 2 aromatic carbocycles. The van der Waals surface area contributed by atoms with Gasteiger partial charge in [0, 0.05) is 11.4 Å². The van der Waals surface area contributed by atoms with Gasteiger partial charge in [0.05, 0.1) is 5.56 Å². The summed E-state index contributed by atoms with van der Waals surface area (Å²) in [7, 11) is 0. The van der Waals surface area contributed by atoms with Crippen molar-refractivity contribution in [1.82, 2.24) is 5.32 Å². The van der Waals surface area contributed by atoms with E-state index in [0.717, 1.165) is 31.1 Å². The molecule has 1 saturated carbocycles. The number of benzene rings is 2. The minimum Gasteiger partial charge on any atom is -0.489 e. The van der Waals surface area contributed by atoms with Crippen LogP contribution < -0.4 is 10.1 Å². The van der Waals surface area contributed by atoms with Crippen LogP contribution in [0.5, 0.6) is 5.75 Å². The molecule has 1 aliphatic carbocycles. The lowest BCUT2D eigenvalue weighted by atomic mass is 10.1. The van der Waals surface area contributed by atoms with Crippen molar-refractivity contribution in [3.63, 3.8) is 0 Å². The smallest absolute Gasteiger partial charge is 0.375 e. The standard InChI is InChI=1S/C24H25NO5/c1-16(23(26)25-17-9-5-6-10-17)29-24(27)22-20(15-28-18-11-3-2-4-12-18)19-13-7-8-14-21(19)30-22/h2-4,7-8,11-14,16-17H,5-6,9-10,15H2,1H3,(H,25,26)/t16-/m1/s1. The quantitative estimate of drug-likeness (QED) is 0.579. The molecule has 0 spiro atoms. The fraction of sp³-hybridized carbons (Fsp3) is 0.333. The van der Waals surface area contributed by atoms with Crippen molar-refractivity contribution in [3.8, 4) is 5.75 Å². The highest BCUT2D eigenvalue weighted by Gasteiger charge is 2.27. The lowest BCUT2D eigenvalue weighted by Gasteiger charge is -2.17. The molecule has 1 fully saturated rings. The normalized spacial score (nSPS) is 15.1. The van der Waals surface area contributed by atoms with Crippen LogP contribution in [0.3, 0.4) is 0 Å². The van der Waals surface area contributed by atoms with E-state index in [1.807, 2.05) is 48.5 Å². The number of fused-ring (bicyclic) bond motifs is 1. The van der Waals surface area contributed by atoms with E-state index < -0.39 is 12.1 Å². The van der Waals surface area contributed by atoms with E-state index >= 15 is 0 Å². The summed E-state index contributed by atoms with van der Waals surface area (Å²) in [6, 6.07) is 16.9. The van der Waals surface area contributed by atoms with Crippen LogP contribution in [0, 0.1) is 0 Å². The molecule has 0 saturated heterocycles. The first-order valence-corrected chi connectivity index (χ1v) is 10.3. The molecular formula is C24H25NO5. The summed E-state index contributed by atoms with van der Waals surface area (Å²) in [5.41, 5.74) is 1.17. The molecule has 156 valence electrons. The van der Waals surface area contributed by atoms with Crippen LogP contribution in [0.1, 0.15) is 48.7 Å². The molecule has 30 heavy (non-hydrogen) atoms. The van der Waals surface area contributed by atoms with Crippen molar-refractivity contribution >= 4 is 22.8 Å². The highest BCUT2D eigenvalue weighted by atomic mass is 16.6. The average molecular weight is 407 g/mol. The zero-order chi connectivity index (χ0) is 20.9. The van der Waals surface area contributed by atoms with Crippen LogP contribution >= 0.6 is 0 Å². The third-order valence-corrected chi connectivity index (χ3v) is 5.36. The van der Waals surface area contributed by atoms with E-state index in [4.69, 9.17) is 13.9 Å². The van der Waals surface area contributed by atoms with Gasteiger partial charge >= 0.3 is 5.97 Å². The number of esters is 1. The summed E-state index contributed by atoms with van der Waals surface area (Å²) >= 11 is 0. The molecule has 4 rings (SSSR count). The topological polar surface area (TPSA) is 77.8 Å². The van der Waals surface area contributed by atoms with Gasteiger partial charge in [0.2, 0.25) is 5.76 Å². The lowest BCUT2D eigenvalue weighted by molar-refractivity contribution is -0.129. The Balaban J connectivity index is 1.50. The van der Waals surface area contributed by atoms with Gasteiger partial charge in [-0.2, -0.15) is 0 Å². The number of para-hydroxylation sites is 2. The van der Waals surface area contributed by atoms with Gasteiger partial charge in [0.1, 0.15) is 17.9 Å². The number of nitrogens with one attached hydrogen (secondary N) is 1. The summed E-state index contributed by atoms with van der Waals surface area (Å²) in [4.78, 5) is 25.2. The summed E-state index contributed by atoms with van der Waals surface area (Å²) < 4.78 is 17.1. The zero-order valence-electron chi connectivity index (χ0n) is 16.9. The predicted molar refractivity (Wildman–Crippen MR) is 112 cm³/mol. The van der Waals surface area contributed by atoms with E-state index in [2.05, 4.69) is 5.32 Å². The first-order chi connectivity index (χ1) is 14.6. The molecule has 0 aliphatic heterocycles. The zero-order valence-corrected chi connectivity index (χ0v) is 16.9. The summed E-state index contributed by atoms with van der Waals surface area (Å²) in [5.74, 6) is -0.209. The minimum atomic E-state index is -0.908. The van der Waals surface area contributed by atoms with Crippen molar-refractivity contribution in [1.29, 1.82) is 0 Å². The van der Waals surface area contributed by atoms with E-state index in [0.29, 0.717) is 16.9 Å². The summed E-state index contributed by atoms with van der Waals surface area (Å²) in [6.45, 7) is 1.72. The van der Waals surface area contributed by atoms with Crippen LogP contribution in [-0.2, 0) is 16.1 Å². The molecule has 1 amide bonds. The van der Waals surface area contributed by atoms with Crippen molar-refractivity contribution < 1.29 is 23.5 Å². The molecule has 1 N–H and O–H groups in total. The van der Waals surface area contributed by atoms with Gasteiger partial charge in [-0.05, 0) is 38.0 Å². The maximum atomic E-state index is 12.8. The Morgan fingerprint density at radius 1 is 1.07 bits per heavy atom. The number of hydrogen-bond acceptors (Lipinski definition) is 5. The SMILES string of the molecule is C[C@@H](OC(=O)c1oc2ccccc2c1COc1ccccc1)C(=O)NC1CCCC1. The van der Waals surface area contributed by atoms with Crippen LogP contribution in [0.25, 0.3) is 11.0 Å². The molecular weight excluding hydrogens is 382 g/mol. The fourth-order valence-corrected chi connectivity index (χ4v) is 3.74. The Labute approximate surface area is 175 Å². The summed E-state index contributed by atoms with van der Waals surface area (Å²) in [6.07, 6.45) is 3.26. The van der Waals surface area contributed by atoms with Crippen LogP contribution in [0.15, 0.2) is 59.0 Å². The number of carbonyl (C=O) groups excluding carboxylic acids is 2. The molecule has 0 bridgehead atoms. The molecule has 6 nitrogen and oxygen atoms in total. The molecule has 0 radical (unpaired) electrons. The average Bonchev–Trinajstić information content (AvgIpc) is 3.40. The Kier molecular flexibility index (Phi) is 6.02. The minimum absolute atomic E-state index is 0.0626. The van der Waals surface area contributed by atoms with Gasteiger partial charge in [0.25, 0.3) is 5.91 Å².